The van der Waals surface area contributed by atoms with Crippen molar-refractivity contribution in [1.29, 1.82) is 0 Å². The van der Waals surface area contributed by atoms with E-state index in [0.29, 0.717) is 24.9 Å². The highest BCUT2D eigenvalue weighted by atomic mass is 16.5. The van der Waals surface area contributed by atoms with Gasteiger partial charge >= 0.3 is 6.01 Å². The molecule has 0 atom stereocenters. The lowest BCUT2D eigenvalue weighted by molar-refractivity contribution is 0.195. The third kappa shape index (κ3) is 2.77. The molecule has 0 fully saturated rings. The van der Waals surface area contributed by atoms with Gasteiger partial charge in [-0.25, -0.2) is 0 Å². The fourth-order valence-corrected chi connectivity index (χ4v) is 1.15. The number of rotatable bonds is 5. The third-order valence-corrected chi connectivity index (χ3v) is 1.90. The first kappa shape index (κ1) is 10.6. The van der Waals surface area contributed by atoms with Gasteiger partial charge in [0.1, 0.15) is 0 Å². The second-order valence-electron chi connectivity index (χ2n) is 3.11. The quantitative estimate of drug-likeness (QED) is 0.821. The fourth-order valence-electron chi connectivity index (χ4n) is 1.15. The van der Waals surface area contributed by atoms with Crippen molar-refractivity contribution in [3.05, 3.63) is 30.4 Å². The van der Waals surface area contributed by atoms with Crippen LogP contribution in [0.3, 0.4) is 0 Å². The molecule has 0 saturated heterocycles. The molecule has 0 aliphatic heterocycles. The van der Waals surface area contributed by atoms with Crippen molar-refractivity contribution in [2.24, 2.45) is 0 Å². The minimum Gasteiger partial charge on any atom is -0.408 e. The Morgan fingerprint density at radius 3 is 3.12 bits per heavy atom. The van der Waals surface area contributed by atoms with Crippen LogP contribution in [0, 0.1) is 0 Å². The molecule has 2 heterocycles. The van der Waals surface area contributed by atoms with Gasteiger partial charge in [0, 0.05) is 19.7 Å². The Labute approximate surface area is 92.7 Å². The van der Waals surface area contributed by atoms with E-state index in [2.05, 4.69) is 20.5 Å². The topological polar surface area (TPSA) is 73.1 Å². The number of nitrogens with one attached hydrogen (secondary N) is 1. The molecule has 0 bridgehead atoms. The molecular formula is C10H12N4O2. The molecule has 0 unspecified atom stereocenters. The number of hydrogen-bond acceptors (Lipinski definition) is 6. The minimum atomic E-state index is 0.360. The van der Waals surface area contributed by atoms with Crippen molar-refractivity contribution in [3.63, 3.8) is 0 Å². The lowest BCUT2D eigenvalue weighted by Crippen LogP contribution is -1.94. The summed E-state index contributed by atoms with van der Waals surface area (Å²) in [5.41, 5.74) is 0.810. The summed E-state index contributed by atoms with van der Waals surface area (Å²) >= 11 is 0. The molecule has 16 heavy (non-hydrogen) atoms. The number of nitrogens with zero attached hydrogens (tertiary/aromatic N) is 3. The van der Waals surface area contributed by atoms with Gasteiger partial charge < -0.3 is 14.5 Å². The maximum atomic E-state index is 5.35. The molecular weight excluding hydrogens is 208 g/mol. The maximum absolute atomic E-state index is 5.35. The second-order valence-corrected chi connectivity index (χ2v) is 3.11. The predicted molar refractivity (Wildman–Crippen MR) is 57.4 cm³/mol. The SMILES string of the molecule is COCCc1nnc(Nc2cccnc2)o1. The van der Waals surface area contributed by atoms with Crippen molar-refractivity contribution in [1.82, 2.24) is 15.2 Å². The van der Waals surface area contributed by atoms with Crippen LogP contribution < -0.4 is 5.32 Å². The first-order valence-electron chi connectivity index (χ1n) is 4.87. The number of anilines is 2. The van der Waals surface area contributed by atoms with E-state index in [9.17, 15) is 0 Å². The average molecular weight is 220 g/mol. The van der Waals surface area contributed by atoms with E-state index >= 15 is 0 Å². The summed E-state index contributed by atoms with van der Waals surface area (Å²) in [6, 6.07) is 4.05. The van der Waals surface area contributed by atoms with Crippen LogP contribution in [0.25, 0.3) is 0 Å². The van der Waals surface area contributed by atoms with Crippen LogP contribution in [0.2, 0.25) is 0 Å². The lowest BCUT2D eigenvalue weighted by Gasteiger charge is -1.98. The van der Waals surface area contributed by atoms with Gasteiger partial charge in [0.05, 0.1) is 18.5 Å². The molecule has 0 aromatic carbocycles. The number of aromatic nitrogens is 3. The first-order valence-corrected chi connectivity index (χ1v) is 4.87. The van der Waals surface area contributed by atoms with Crippen molar-refractivity contribution >= 4 is 11.7 Å². The minimum absolute atomic E-state index is 0.360. The smallest absolute Gasteiger partial charge is 0.320 e. The van der Waals surface area contributed by atoms with E-state index in [1.807, 2.05) is 12.1 Å². The van der Waals surface area contributed by atoms with Gasteiger partial charge in [-0.05, 0) is 12.1 Å². The number of ether oxygens (including phenoxy) is 1. The normalized spacial score (nSPS) is 10.3. The maximum Gasteiger partial charge on any atom is 0.320 e. The number of pyridine rings is 1. The number of methoxy groups -OCH3 is 1. The molecule has 0 radical (unpaired) electrons. The Morgan fingerprint density at radius 1 is 1.44 bits per heavy atom. The van der Waals surface area contributed by atoms with Gasteiger partial charge in [-0.2, -0.15) is 0 Å². The Bertz CT molecular complexity index is 429. The molecule has 84 valence electrons. The molecule has 0 saturated carbocycles. The predicted octanol–water partition coefficient (Wildman–Crippen LogP) is 1.40. The van der Waals surface area contributed by atoms with E-state index in [1.54, 1.807) is 19.5 Å². The van der Waals surface area contributed by atoms with Gasteiger partial charge in [0.2, 0.25) is 5.89 Å². The average Bonchev–Trinajstić information content (AvgIpc) is 2.75. The zero-order valence-corrected chi connectivity index (χ0v) is 8.88. The summed E-state index contributed by atoms with van der Waals surface area (Å²) in [7, 11) is 1.63. The Morgan fingerprint density at radius 2 is 2.38 bits per heavy atom. The zero-order valence-electron chi connectivity index (χ0n) is 8.88. The second kappa shape index (κ2) is 5.22. The van der Waals surface area contributed by atoms with Crippen molar-refractivity contribution in [3.8, 4) is 0 Å². The van der Waals surface area contributed by atoms with Gasteiger partial charge in [-0.1, -0.05) is 5.10 Å². The summed E-state index contributed by atoms with van der Waals surface area (Å²) < 4.78 is 10.3. The van der Waals surface area contributed by atoms with Crippen LogP contribution in [0.1, 0.15) is 5.89 Å². The van der Waals surface area contributed by atoms with Crippen molar-refractivity contribution in [2.45, 2.75) is 6.42 Å². The van der Waals surface area contributed by atoms with Crippen LogP contribution in [0.15, 0.2) is 28.9 Å². The van der Waals surface area contributed by atoms with Crippen LogP contribution in [0.4, 0.5) is 11.7 Å². The van der Waals surface area contributed by atoms with Gasteiger partial charge in [0.15, 0.2) is 0 Å². The highest BCUT2D eigenvalue weighted by Gasteiger charge is 2.05. The van der Waals surface area contributed by atoms with Crippen molar-refractivity contribution < 1.29 is 9.15 Å². The molecule has 1 N–H and O–H groups in total. The van der Waals surface area contributed by atoms with E-state index in [-0.39, 0.29) is 0 Å². The molecule has 6 heteroatoms. The van der Waals surface area contributed by atoms with Gasteiger partial charge in [-0.15, -0.1) is 5.10 Å². The monoisotopic (exact) mass is 220 g/mol. The standard InChI is InChI=1S/C10H12N4O2/c1-15-6-4-9-13-14-10(16-9)12-8-3-2-5-11-7-8/h2-3,5,7H,4,6H2,1H3,(H,12,14). The van der Waals surface area contributed by atoms with Crippen LogP contribution in [0.5, 0.6) is 0 Å². The molecule has 2 aromatic heterocycles. The van der Waals surface area contributed by atoms with Crippen LogP contribution >= 0.6 is 0 Å². The van der Waals surface area contributed by atoms with E-state index in [1.165, 1.54) is 0 Å². The molecule has 0 aliphatic carbocycles. The van der Waals surface area contributed by atoms with Gasteiger partial charge in [0.25, 0.3) is 0 Å². The number of hydrogen-bond donors (Lipinski definition) is 1. The highest BCUT2D eigenvalue weighted by Crippen LogP contribution is 2.13. The zero-order chi connectivity index (χ0) is 11.2. The van der Waals surface area contributed by atoms with Crippen LogP contribution in [-0.2, 0) is 11.2 Å². The largest absolute Gasteiger partial charge is 0.408 e. The molecule has 2 rings (SSSR count). The molecule has 0 aliphatic rings. The van der Waals surface area contributed by atoms with Crippen molar-refractivity contribution in [2.75, 3.05) is 19.0 Å². The molecule has 6 nitrogen and oxygen atoms in total. The highest BCUT2D eigenvalue weighted by molar-refractivity contribution is 5.49. The third-order valence-electron chi connectivity index (χ3n) is 1.90. The molecule has 0 spiro atoms. The van der Waals surface area contributed by atoms with Gasteiger partial charge in [-0.3, -0.25) is 4.98 Å². The molecule has 0 amide bonds. The first-order chi connectivity index (χ1) is 7.88. The summed E-state index contributed by atoms with van der Waals surface area (Å²) in [6.07, 6.45) is 3.99. The summed E-state index contributed by atoms with van der Waals surface area (Å²) in [6.45, 7) is 0.564. The Kier molecular flexibility index (Phi) is 3.45. The van der Waals surface area contributed by atoms with E-state index in [0.717, 1.165) is 5.69 Å². The summed E-state index contributed by atoms with van der Waals surface area (Å²) in [5, 5.41) is 10.7. The lowest BCUT2D eigenvalue weighted by atomic mass is 10.4. The van der Waals surface area contributed by atoms with E-state index in [4.69, 9.17) is 9.15 Å². The summed E-state index contributed by atoms with van der Waals surface area (Å²) in [5.74, 6) is 0.549. The Balaban J connectivity index is 1.97. The van der Waals surface area contributed by atoms with Crippen LogP contribution in [-0.4, -0.2) is 28.9 Å². The molecule has 2 aromatic rings. The summed E-state index contributed by atoms with van der Waals surface area (Å²) in [4.78, 5) is 3.96. The Hall–Kier alpha value is -1.95. The fraction of sp³-hybridized carbons (Fsp3) is 0.300. The van der Waals surface area contributed by atoms with E-state index < -0.39 is 0 Å².